The first kappa shape index (κ1) is 20.6. The van der Waals surface area contributed by atoms with E-state index in [2.05, 4.69) is 10.6 Å². The summed E-state index contributed by atoms with van der Waals surface area (Å²) in [6, 6.07) is 18.5. The smallest absolute Gasteiger partial charge is 0.255 e. The van der Waals surface area contributed by atoms with Crippen molar-refractivity contribution in [3.63, 3.8) is 0 Å². The van der Waals surface area contributed by atoms with Gasteiger partial charge in [0.05, 0.1) is 5.75 Å². The average molecular weight is 408 g/mol. The second kappa shape index (κ2) is 9.39. The molecule has 0 aliphatic carbocycles. The van der Waals surface area contributed by atoms with Crippen LogP contribution in [-0.4, -0.2) is 17.6 Å². The van der Waals surface area contributed by atoms with Crippen molar-refractivity contribution in [2.24, 2.45) is 0 Å². The molecule has 3 aromatic carbocycles. The first-order valence-electron chi connectivity index (χ1n) is 9.07. The normalized spacial score (nSPS) is 10.4. The number of hydrogen-bond acceptors (Lipinski definition) is 3. The lowest BCUT2D eigenvalue weighted by Crippen LogP contribution is -2.15. The molecule has 0 saturated carbocycles. The van der Waals surface area contributed by atoms with Crippen molar-refractivity contribution in [2.45, 2.75) is 18.7 Å². The average Bonchev–Trinajstić information content (AvgIpc) is 2.70. The zero-order valence-electron chi connectivity index (χ0n) is 16.2. The molecule has 0 radical (unpaired) electrons. The maximum Gasteiger partial charge on any atom is 0.255 e. The van der Waals surface area contributed by atoms with Crippen LogP contribution in [0.3, 0.4) is 0 Å². The van der Waals surface area contributed by atoms with Crippen LogP contribution >= 0.6 is 11.8 Å². The third-order valence-corrected chi connectivity index (χ3v) is 5.27. The van der Waals surface area contributed by atoms with Crippen molar-refractivity contribution in [1.29, 1.82) is 0 Å². The van der Waals surface area contributed by atoms with Gasteiger partial charge in [0.15, 0.2) is 0 Å². The number of benzene rings is 3. The Labute approximate surface area is 173 Å². The highest BCUT2D eigenvalue weighted by Crippen LogP contribution is 2.22. The molecule has 0 heterocycles. The number of nitrogens with one attached hydrogen (secondary N) is 2. The molecule has 0 bridgehead atoms. The van der Waals surface area contributed by atoms with Crippen molar-refractivity contribution in [2.75, 3.05) is 16.4 Å². The molecule has 4 nitrogen and oxygen atoms in total. The monoisotopic (exact) mass is 408 g/mol. The summed E-state index contributed by atoms with van der Waals surface area (Å²) < 4.78 is 12.9. The maximum absolute atomic E-state index is 12.9. The van der Waals surface area contributed by atoms with Crippen LogP contribution in [0.4, 0.5) is 15.8 Å². The minimum atomic E-state index is -0.385. The molecule has 29 heavy (non-hydrogen) atoms. The third-order valence-electron chi connectivity index (χ3n) is 4.26. The fourth-order valence-corrected chi connectivity index (χ4v) is 3.34. The first-order valence-corrected chi connectivity index (χ1v) is 10.1. The molecule has 0 aliphatic rings. The van der Waals surface area contributed by atoms with Crippen LogP contribution in [0.15, 0.2) is 71.6 Å². The van der Waals surface area contributed by atoms with Gasteiger partial charge in [-0.2, -0.15) is 0 Å². The van der Waals surface area contributed by atoms with Crippen LogP contribution in [0, 0.1) is 19.7 Å². The molecule has 0 spiro atoms. The highest BCUT2D eigenvalue weighted by molar-refractivity contribution is 8.00. The van der Waals surface area contributed by atoms with Crippen molar-refractivity contribution in [3.8, 4) is 0 Å². The van der Waals surface area contributed by atoms with Gasteiger partial charge in [-0.05, 0) is 79.6 Å². The maximum atomic E-state index is 12.9. The lowest BCUT2D eigenvalue weighted by molar-refractivity contribution is -0.113. The number of amides is 2. The van der Waals surface area contributed by atoms with E-state index < -0.39 is 0 Å². The van der Waals surface area contributed by atoms with E-state index in [1.54, 1.807) is 12.1 Å². The quantitative estimate of drug-likeness (QED) is 0.535. The van der Waals surface area contributed by atoms with Gasteiger partial charge in [0, 0.05) is 21.8 Å². The number of thioether (sulfide) groups is 1. The summed E-state index contributed by atoms with van der Waals surface area (Å²) in [5, 5.41) is 5.70. The molecule has 0 atom stereocenters. The van der Waals surface area contributed by atoms with Crippen LogP contribution in [0.5, 0.6) is 0 Å². The van der Waals surface area contributed by atoms with Gasteiger partial charge >= 0.3 is 0 Å². The minimum absolute atomic E-state index is 0.0719. The summed E-state index contributed by atoms with van der Waals surface area (Å²) in [5.41, 5.74) is 3.96. The van der Waals surface area contributed by atoms with Crippen LogP contribution in [-0.2, 0) is 4.79 Å². The van der Waals surface area contributed by atoms with E-state index in [-0.39, 0.29) is 23.4 Å². The van der Waals surface area contributed by atoms with E-state index >= 15 is 0 Å². The third kappa shape index (κ3) is 5.93. The summed E-state index contributed by atoms with van der Waals surface area (Å²) >= 11 is 1.42. The standard InChI is InChI=1S/C23H21FN2O2S/c1-15-3-4-16(2)21(13-15)26-22(27)14-29-20-11-9-19(10-12-20)25-23(28)17-5-7-18(24)8-6-17/h3-13H,14H2,1-2H3,(H,25,28)(H,26,27). The fraction of sp³-hybridized carbons (Fsp3) is 0.130. The van der Waals surface area contributed by atoms with Gasteiger partial charge in [0.2, 0.25) is 5.91 Å². The Morgan fingerprint density at radius 2 is 1.59 bits per heavy atom. The van der Waals surface area contributed by atoms with E-state index in [1.165, 1.54) is 36.0 Å². The Hall–Kier alpha value is -3.12. The zero-order chi connectivity index (χ0) is 20.8. The number of carbonyl (C=O) groups excluding carboxylic acids is 2. The summed E-state index contributed by atoms with van der Waals surface area (Å²) in [5.74, 6) is -0.477. The Bertz CT molecular complexity index is 1020. The van der Waals surface area contributed by atoms with E-state index in [9.17, 15) is 14.0 Å². The molecule has 0 aromatic heterocycles. The lowest BCUT2D eigenvalue weighted by atomic mass is 10.1. The molecule has 0 unspecified atom stereocenters. The largest absolute Gasteiger partial charge is 0.325 e. The highest BCUT2D eigenvalue weighted by atomic mass is 32.2. The van der Waals surface area contributed by atoms with Crippen LogP contribution in [0.2, 0.25) is 0 Å². The van der Waals surface area contributed by atoms with Crippen molar-refractivity contribution in [3.05, 3.63) is 89.2 Å². The van der Waals surface area contributed by atoms with Gasteiger partial charge in [-0.15, -0.1) is 11.8 Å². The first-order chi connectivity index (χ1) is 13.9. The molecular weight excluding hydrogens is 387 g/mol. The SMILES string of the molecule is Cc1ccc(C)c(NC(=O)CSc2ccc(NC(=O)c3ccc(F)cc3)cc2)c1. The van der Waals surface area contributed by atoms with E-state index in [4.69, 9.17) is 0 Å². The molecule has 0 saturated heterocycles. The Morgan fingerprint density at radius 3 is 2.28 bits per heavy atom. The van der Waals surface area contributed by atoms with Gasteiger partial charge in [-0.3, -0.25) is 9.59 Å². The number of hydrogen-bond donors (Lipinski definition) is 2. The van der Waals surface area contributed by atoms with Crippen LogP contribution < -0.4 is 10.6 Å². The molecule has 0 aliphatic heterocycles. The fourth-order valence-electron chi connectivity index (χ4n) is 2.64. The summed E-state index contributed by atoms with van der Waals surface area (Å²) in [6.07, 6.45) is 0. The second-order valence-electron chi connectivity index (χ2n) is 6.64. The molecule has 3 rings (SSSR count). The highest BCUT2D eigenvalue weighted by Gasteiger charge is 2.08. The second-order valence-corrected chi connectivity index (χ2v) is 7.69. The van der Waals surface area contributed by atoms with Gasteiger partial charge < -0.3 is 10.6 Å². The predicted molar refractivity (Wildman–Crippen MR) is 116 cm³/mol. The zero-order valence-corrected chi connectivity index (χ0v) is 17.0. The Morgan fingerprint density at radius 1 is 0.897 bits per heavy atom. The summed E-state index contributed by atoms with van der Waals surface area (Å²) in [4.78, 5) is 25.3. The van der Waals surface area contributed by atoms with Crippen LogP contribution in [0.25, 0.3) is 0 Å². The van der Waals surface area contributed by atoms with Crippen molar-refractivity contribution in [1.82, 2.24) is 0 Å². The Kier molecular flexibility index (Phi) is 6.67. The van der Waals surface area contributed by atoms with E-state index in [0.29, 0.717) is 11.3 Å². The van der Waals surface area contributed by atoms with E-state index in [1.807, 2.05) is 44.2 Å². The van der Waals surface area contributed by atoms with Gasteiger partial charge in [-0.1, -0.05) is 12.1 Å². The molecule has 2 amide bonds. The number of aryl methyl sites for hydroxylation is 2. The predicted octanol–water partition coefficient (Wildman–Crippen LogP) is 5.43. The van der Waals surface area contributed by atoms with E-state index in [0.717, 1.165) is 21.7 Å². The van der Waals surface area contributed by atoms with Gasteiger partial charge in [0.25, 0.3) is 5.91 Å². The van der Waals surface area contributed by atoms with Crippen molar-refractivity contribution >= 4 is 35.0 Å². The van der Waals surface area contributed by atoms with Crippen LogP contribution in [0.1, 0.15) is 21.5 Å². The summed E-state index contributed by atoms with van der Waals surface area (Å²) in [7, 11) is 0. The molecule has 2 N–H and O–H groups in total. The number of carbonyl (C=O) groups is 2. The van der Waals surface area contributed by atoms with Gasteiger partial charge in [0.1, 0.15) is 5.82 Å². The molecule has 3 aromatic rings. The molecule has 148 valence electrons. The molecule has 0 fully saturated rings. The Balaban J connectivity index is 1.52. The van der Waals surface area contributed by atoms with Crippen molar-refractivity contribution < 1.29 is 14.0 Å². The minimum Gasteiger partial charge on any atom is -0.325 e. The van der Waals surface area contributed by atoms with Gasteiger partial charge in [-0.25, -0.2) is 4.39 Å². The lowest BCUT2D eigenvalue weighted by Gasteiger charge is -2.10. The molecule has 6 heteroatoms. The number of halogens is 1. The molecular formula is C23H21FN2O2S. The number of rotatable bonds is 6. The summed E-state index contributed by atoms with van der Waals surface area (Å²) in [6.45, 7) is 3.95. The number of anilines is 2. The topological polar surface area (TPSA) is 58.2 Å².